The Balaban J connectivity index is 1.66. The maximum Gasteiger partial charge on any atom is 0.223 e. The third-order valence-corrected chi connectivity index (χ3v) is 12.9. The zero-order valence-corrected chi connectivity index (χ0v) is 26.4. The summed E-state index contributed by atoms with van der Waals surface area (Å²) < 4.78 is 0. The number of benzene rings is 2. The van der Waals surface area contributed by atoms with Gasteiger partial charge in [0.25, 0.3) is 0 Å². The number of hydrogen-bond acceptors (Lipinski definition) is 5. The molecule has 0 aliphatic heterocycles. The lowest BCUT2D eigenvalue weighted by atomic mass is 9.36. The predicted molar refractivity (Wildman–Crippen MR) is 166 cm³/mol. The molecule has 1 amide bonds. The highest BCUT2D eigenvalue weighted by Gasteiger charge is 2.65. The number of primary amides is 1. The lowest BCUT2D eigenvalue weighted by Gasteiger charge is -2.68. The summed E-state index contributed by atoms with van der Waals surface area (Å²) in [5, 5.41) is 32.4. The van der Waals surface area contributed by atoms with Crippen molar-refractivity contribution in [2.24, 2.45) is 33.3 Å². The Bertz CT molecular complexity index is 1380. The smallest absolute Gasteiger partial charge is 0.223 e. The van der Waals surface area contributed by atoms with Gasteiger partial charge >= 0.3 is 0 Å². The second kappa shape index (κ2) is 9.80. The van der Waals surface area contributed by atoms with Crippen LogP contribution in [-0.2, 0) is 10.2 Å². The first-order valence-corrected chi connectivity index (χ1v) is 15.9. The van der Waals surface area contributed by atoms with Gasteiger partial charge in [0.05, 0.1) is 5.25 Å². The molecular formula is C35H47NO4S. The molecule has 0 heterocycles. The number of carbonyl (C=O) groups is 1. The number of aromatic hydroxyl groups is 2. The highest BCUT2D eigenvalue weighted by molar-refractivity contribution is 7.99. The maximum atomic E-state index is 12.5. The van der Waals surface area contributed by atoms with Crippen molar-refractivity contribution in [1.29, 1.82) is 0 Å². The minimum absolute atomic E-state index is 0.0452. The number of fused-ring (bicyclic) bond motifs is 5. The minimum atomic E-state index is -0.747. The van der Waals surface area contributed by atoms with Gasteiger partial charge in [-0.25, -0.2) is 0 Å². The summed E-state index contributed by atoms with van der Waals surface area (Å²) in [6.07, 6.45) is 7.02. The van der Waals surface area contributed by atoms with Gasteiger partial charge in [-0.15, -0.1) is 11.8 Å². The highest BCUT2D eigenvalue weighted by Crippen LogP contribution is 2.73. The summed E-state index contributed by atoms with van der Waals surface area (Å²) in [4.78, 5) is 12.5. The summed E-state index contributed by atoms with van der Waals surface area (Å²) in [6, 6.07) is 13.1. The quantitative estimate of drug-likeness (QED) is 0.159. The molecule has 2 unspecified atom stereocenters. The Labute approximate surface area is 249 Å². The van der Waals surface area contributed by atoms with Gasteiger partial charge in [0, 0.05) is 10.8 Å². The van der Waals surface area contributed by atoms with Crippen LogP contribution in [0.3, 0.4) is 0 Å². The van der Waals surface area contributed by atoms with Crippen LogP contribution in [0.25, 0.3) is 0 Å². The largest absolute Gasteiger partial charge is 0.504 e. The van der Waals surface area contributed by atoms with E-state index < -0.39 is 10.9 Å². The van der Waals surface area contributed by atoms with Crippen molar-refractivity contribution in [1.82, 2.24) is 0 Å². The van der Waals surface area contributed by atoms with Crippen molar-refractivity contribution >= 4 is 17.7 Å². The van der Waals surface area contributed by atoms with Gasteiger partial charge in [0.1, 0.15) is 5.44 Å². The number of carbonyl (C=O) groups excluding carboxylic acids is 1. The average molecular weight is 578 g/mol. The Morgan fingerprint density at radius 3 is 2.27 bits per heavy atom. The van der Waals surface area contributed by atoms with Crippen LogP contribution in [0.2, 0.25) is 0 Å². The Morgan fingerprint density at radius 1 is 1.00 bits per heavy atom. The van der Waals surface area contributed by atoms with E-state index in [1.807, 2.05) is 44.2 Å². The Morgan fingerprint density at radius 2 is 1.63 bits per heavy atom. The normalized spacial score (nSPS) is 33.1. The predicted octanol–water partition coefficient (Wildman–Crippen LogP) is 7.91. The molecule has 5 N–H and O–H groups in total. The van der Waals surface area contributed by atoms with Crippen molar-refractivity contribution in [3.8, 4) is 11.5 Å². The monoisotopic (exact) mass is 577 g/mol. The molecule has 3 aliphatic carbocycles. The first-order valence-electron chi connectivity index (χ1n) is 14.9. The van der Waals surface area contributed by atoms with E-state index in [-0.39, 0.29) is 50.2 Å². The van der Waals surface area contributed by atoms with E-state index in [2.05, 4.69) is 40.7 Å². The zero-order chi connectivity index (χ0) is 30.2. The van der Waals surface area contributed by atoms with Crippen molar-refractivity contribution in [2.45, 2.75) is 96.7 Å². The maximum absolute atomic E-state index is 12.5. The lowest BCUT2D eigenvalue weighted by molar-refractivity contribution is -0.142. The van der Waals surface area contributed by atoms with Crippen molar-refractivity contribution < 1.29 is 20.1 Å². The molecular weight excluding hydrogens is 530 g/mol. The summed E-state index contributed by atoms with van der Waals surface area (Å²) in [5.74, 6) is -0.221. The van der Waals surface area contributed by atoms with E-state index in [1.54, 1.807) is 12.1 Å². The molecule has 0 saturated heterocycles. The van der Waals surface area contributed by atoms with E-state index in [0.717, 1.165) is 48.8 Å². The number of phenols is 2. The molecule has 0 spiro atoms. The molecule has 3 aliphatic rings. The van der Waals surface area contributed by atoms with Crippen molar-refractivity contribution in [3.05, 3.63) is 70.8 Å². The molecule has 2 aromatic rings. The van der Waals surface area contributed by atoms with Crippen LogP contribution < -0.4 is 5.73 Å². The number of hydrogen-bond donors (Lipinski definition) is 4. The first-order chi connectivity index (χ1) is 19.0. The van der Waals surface area contributed by atoms with Gasteiger partial charge in [0.2, 0.25) is 5.91 Å². The number of allylic oxidation sites excluding steroid dienone is 1. The van der Waals surface area contributed by atoms with Gasteiger partial charge in [-0.05, 0) is 83.1 Å². The fraction of sp³-hybridized carbons (Fsp3) is 0.571. The number of thioether (sulfide) groups is 1. The number of phenolic OH excluding ortho intramolecular Hbond substituents is 2. The second-order valence-electron chi connectivity index (χ2n) is 14.9. The van der Waals surface area contributed by atoms with Gasteiger partial charge in [-0.3, -0.25) is 4.79 Å². The van der Waals surface area contributed by atoms with Gasteiger partial charge in [-0.1, -0.05) is 90.4 Å². The Kier molecular flexibility index (Phi) is 7.18. The SMILES string of the molecule is CC(C)(C[C@@H]1C(C)(C)CC[C@]2(C)C3=CC(SC(O)c4ccccc4)c4cc(O)c(O)cc4[C@]3(C)CC[C@@]12C)C(N)=O. The average Bonchev–Trinajstić information content (AvgIpc) is 2.91. The first kappa shape index (κ1) is 30.0. The van der Waals surface area contributed by atoms with Crippen LogP contribution in [0.15, 0.2) is 54.1 Å². The molecule has 2 saturated carbocycles. The fourth-order valence-electron chi connectivity index (χ4n) is 8.68. The molecule has 2 aromatic carbocycles. The zero-order valence-electron chi connectivity index (χ0n) is 25.6. The minimum Gasteiger partial charge on any atom is -0.504 e. The van der Waals surface area contributed by atoms with Crippen LogP contribution in [0.1, 0.15) is 108 Å². The lowest BCUT2D eigenvalue weighted by Crippen LogP contribution is -2.61. The van der Waals surface area contributed by atoms with E-state index in [0.29, 0.717) is 0 Å². The number of nitrogens with two attached hydrogens (primary N) is 1. The van der Waals surface area contributed by atoms with Gasteiger partial charge < -0.3 is 21.1 Å². The third-order valence-electron chi connectivity index (χ3n) is 11.7. The molecule has 5 rings (SSSR count). The molecule has 0 aromatic heterocycles. The highest BCUT2D eigenvalue weighted by atomic mass is 32.2. The molecule has 6 atom stereocenters. The van der Waals surface area contributed by atoms with Gasteiger partial charge in [0.15, 0.2) is 11.5 Å². The molecule has 2 fully saturated rings. The molecule has 5 nitrogen and oxygen atoms in total. The number of rotatable bonds is 6. The van der Waals surface area contributed by atoms with Crippen LogP contribution >= 0.6 is 11.8 Å². The summed E-state index contributed by atoms with van der Waals surface area (Å²) >= 11 is 1.46. The number of aliphatic hydroxyl groups is 1. The van der Waals surface area contributed by atoms with Crippen LogP contribution in [0.5, 0.6) is 11.5 Å². The van der Waals surface area contributed by atoms with Crippen LogP contribution in [0.4, 0.5) is 0 Å². The fourth-order valence-corrected chi connectivity index (χ4v) is 9.83. The number of aliphatic hydroxyl groups excluding tert-OH is 1. The third kappa shape index (κ3) is 4.60. The summed E-state index contributed by atoms with van der Waals surface area (Å²) in [5.41, 5.74) is 8.19. The molecule has 222 valence electrons. The van der Waals surface area contributed by atoms with Crippen molar-refractivity contribution in [3.63, 3.8) is 0 Å². The Hall–Kier alpha value is -2.44. The van der Waals surface area contributed by atoms with E-state index in [4.69, 9.17) is 5.73 Å². The van der Waals surface area contributed by atoms with Gasteiger partial charge in [-0.2, -0.15) is 0 Å². The van der Waals surface area contributed by atoms with E-state index >= 15 is 0 Å². The van der Waals surface area contributed by atoms with Crippen LogP contribution in [-0.4, -0.2) is 21.2 Å². The topological polar surface area (TPSA) is 104 Å². The van der Waals surface area contributed by atoms with E-state index in [1.165, 1.54) is 17.3 Å². The molecule has 0 bridgehead atoms. The summed E-state index contributed by atoms with van der Waals surface area (Å²) in [7, 11) is 0. The van der Waals surface area contributed by atoms with Crippen molar-refractivity contribution in [2.75, 3.05) is 0 Å². The molecule has 6 heteroatoms. The second-order valence-corrected chi connectivity index (χ2v) is 16.1. The summed E-state index contributed by atoms with van der Waals surface area (Å²) in [6.45, 7) is 15.8. The standard InChI is InChI=1S/C35H47NO4S/c1-31(2)13-15-34(6)27-19-26(41-29(39)21-11-9-8-10-12-21)22-17-24(37)25(38)18-23(22)33(27,5)14-16-35(34,7)28(31)20-32(3,4)30(36)40/h8-12,17-19,26,28-29,37-39H,13-16,20H2,1-7H3,(H2,36,40)/t26?,28-,29?,33+,34-,35+/m1/s1. The van der Waals surface area contributed by atoms with Crippen LogP contribution in [0, 0.1) is 27.6 Å². The number of amides is 1. The van der Waals surface area contributed by atoms with E-state index in [9.17, 15) is 20.1 Å². The molecule has 0 radical (unpaired) electrons. The molecule has 41 heavy (non-hydrogen) atoms.